The summed E-state index contributed by atoms with van der Waals surface area (Å²) >= 11 is 1.06. The maximum Gasteiger partial charge on any atom is 0.253 e. The number of thioether (sulfide) groups is 1. The Hall–Kier alpha value is -8.67. The fourth-order valence-electron chi connectivity index (χ4n) is 11.6. The molecule has 12 atom stereocenters. The van der Waals surface area contributed by atoms with Gasteiger partial charge in [-0.2, -0.15) is 0 Å². The Morgan fingerprint density at radius 3 is 2.10 bits per heavy atom. The van der Waals surface area contributed by atoms with E-state index in [1.165, 1.54) is 13.8 Å². The second-order valence-electron chi connectivity index (χ2n) is 24.6. The molecule has 0 aliphatic carbocycles. The molecule has 3 aromatic rings. The highest BCUT2D eigenvalue weighted by Crippen LogP contribution is 2.35. The van der Waals surface area contributed by atoms with Crippen LogP contribution in [-0.4, -0.2) is 193 Å². The number of amides is 11. The Bertz CT molecular complexity index is 3370. The molecule has 1 aromatic heterocycles. The van der Waals surface area contributed by atoms with Crippen LogP contribution in [0.5, 0.6) is 0 Å². The van der Waals surface area contributed by atoms with E-state index in [1.807, 2.05) is 0 Å². The number of H-pyrrole nitrogens is 1. The Morgan fingerprint density at radius 1 is 0.763 bits per heavy atom. The quantitative estimate of drug-likeness (QED) is 0.0664. The van der Waals surface area contributed by atoms with Gasteiger partial charge in [0, 0.05) is 110 Å². The number of Topliss-reactive ketones (excluding diaryl/α,β-unsaturated/α-hetero) is 3. The van der Waals surface area contributed by atoms with Gasteiger partial charge in [-0.15, -0.1) is 11.8 Å². The van der Waals surface area contributed by atoms with Crippen molar-refractivity contribution in [1.29, 1.82) is 0 Å². The number of nitrogens with zero attached hydrogens (tertiary/aromatic N) is 2. The van der Waals surface area contributed by atoms with E-state index in [9.17, 15) is 72.9 Å². The number of benzene rings is 2. The molecule has 11 amide bonds. The van der Waals surface area contributed by atoms with Gasteiger partial charge in [-0.1, -0.05) is 78.3 Å². The van der Waals surface area contributed by atoms with Crippen LogP contribution in [0.1, 0.15) is 97.6 Å². The maximum atomic E-state index is 15.1. The first-order chi connectivity index (χ1) is 44.2. The highest BCUT2D eigenvalue weighted by molar-refractivity contribution is 7.99. The lowest BCUT2D eigenvalue weighted by molar-refractivity contribution is -0.145. The van der Waals surface area contributed by atoms with Gasteiger partial charge in [0.15, 0.2) is 17.3 Å². The number of hydrogen-bond acceptors (Lipinski definition) is 18. The molecule has 4 aliphatic heterocycles. The van der Waals surface area contributed by atoms with Crippen molar-refractivity contribution in [2.24, 2.45) is 35.5 Å². The average molecular weight is 1310 g/mol. The number of aliphatic hydroxyl groups excluding tert-OH is 3. The van der Waals surface area contributed by atoms with Crippen LogP contribution in [0.2, 0.25) is 0 Å². The first-order valence-corrected chi connectivity index (χ1v) is 32.2. The molecule has 0 spiro atoms. The fourth-order valence-corrected chi connectivity index (χ4v) is 12.7. The zero-order chi connectivity index (χ0) is 68.0. The molecule has 1 saturated heterocycles. The lowest BCUT2D eigenvalue weighted by atomic mass is 9.85. The summed E-state index contributed by atoms with van der Waals surface area (Å²) in [5.41, 5.74) is 1.91. The number of hydrogen-bond donors (Lipinski definition) is 12. The normalized spacial score (nSPS) is 24.0. The predicted molar refractivity (Wildman–Crippen MR) is 336 cm³/mol. The molecule has 2 bridgehead atoms. The van der Waals surface area contributed by atoms with Crippen molar-refractivity contribution < 1.29 is 82.4 Å². The maximum absolute atomic E-state index is 15.1. The third-order valence-electron chi connectivity index (χ3n) is 17.3. The zero-order valence-corrected chi connectivity index (χ0v) is 53.6. The summed E-state index contributed by atoms with van der Waals surface area (Å²) in [7, 11) is 0. The standard InChI is InChI=1S/C64H83N11O17S/c1-7-33(4)57-62(91)67-27-52(84)69-44-31-93-63-42(41-10-8-9-11-43(41)70-63)21-37(60(89)66-28-53(85)72-57)22-48(80)58(35(6)49(81)30-76)73-61(90)45-25-40(77)29-75(45)64(92)38(23-46(44)78)24-51(83)65-26-36-12-14-39(15-13-36)68-59(88)34(5)20-47(79)56(32(2)3)71-50(82)18-19-74-54(86)16-17-55(74)87/h8-17,32-35,37-38,40,44-45,49,56-58,70,76-77,81H,7,18-31H2,1-6H3,(H,65,83)(H,66,89)(H,67,91)(H,68,88)(H,69,84)(H,71,82)(H,72,85)(H,73,90)/t33-,34+,35-,37+,38-,40+,44?,45-,49-,56?,57-,58-/m0/s1. The number of carbonyl (C=O) groups excluding carboxylic acids is 14. The van der Waals surface area contributed by atoms with Crippen molar-refractivity contribution >= 4 is 111 Å². The lowest BCUT2D eigenvalue weighted by Gasteiger charge is -2.32. The molecule has 0 saturated carbocycles. The number of aromatic amines is 1. The predicted octanol–water partition coefficient (Wildman–Crippen LogP) is -0.639. The highest BCUT2D eigenvalue weighted by atomic mass is 32.2. The number of nitrogens with one attached hydrogen (secondary N) is 9. The Morgan fingerprint density at radius 2 is 1.43 bits per heavy atom. The SMILES string of the molecule is CC[C@H](C)[C@@H]1NC(=O)CNC(=O)[C@H]2CC(=O)[C@H]([C@@H](C)[C@@H](O)CO)NC(=O)[C@@H]3C[C@@H](O)CN3C(=O)[C@H](CC(=O)NCc3ccc(NC(=O)[C@H](C)CC(=O)C(NC(=O)CCN4C(=O)C=CC4=O)C(C)C)cc3)CC(=O)C(CSc3[nH]c4ccccc4c3C2)NC(=O)CNC1=O. The van der Waals surface area contributed by atoms with Crippen LogP contribution in [0, 0.1) is 35.5 Å². The third-order valence-corrected chi connectivity index (χ3v) is 18.5. The summed E-state index contributed by atoms with van der Waals surface area (Å²) in [4.78, 5) is 198. The van der Waals surface area contributed by atoms with E-state index >= 15 is 9.59 Å². The van der Waals surface area contributed by atoms with Gasteiger partial charge in [0.2, 0.25) is 53.2 Å². The van der Waals surface area contributed by atoms with E-state index in [2.05, 4.69) is 47.5 Å². The first kappa shape index (κ1) is 71.8. The molecule has 502 valence electrons. The van der Waals surface area contributed by atoms with Crippen LogP contribution in [0.15, 0.2) is 65.7 Å². The molecule has 28 nitrogen and oxygen atoms in total. The van der Waals surface area contributed by atoms with Gasteiger partial charge in [-0.05, 0) is 47.6 Å². The minimum absolute atomic E-state index is 0.143. The van der Waals surface area contributed by atoms with E-state index in [1.54, 1.807) is 76.2 Å². The average Bonchev–Trinajstić information content (AvgIpc) is 1.69. The molecule has 0 radical (unpaired) electrons. The van der Waals surface area contributed by atoms with Crippen LogP contribution in [0.4, 0.5) is 5.69 Å². The summed E-state index contributed by atoms with van der Waals surface area (Å²) in [6.45, 7) is 6.87. The molecule has 1 fully saturated rings. The van der Waals surface area contributed by atoms with Crippen molar-refractivity contribution in [1.82, 2.24) is 52.0 Å². The number of anilines is 1. The summed E-state index contributed by atoms with van der Waals surface area (Å²) < 4.78 is 0. The number of rotatable bonds is 19. The molecular weight excluding hydrogens is 1230 g/mol. The van der Waals surface area contributed by atoms with Crippen LogP contribution >= 0.6 is 11.8 Å². The minimum Gasteiger partial charge on any atom is -0.394 e. The van der Waals surface area contributed by atoms with Crippen molar-refractivity contribution in [2.45, 2.75) is 147 Å². The van der Waals surface area contributed by atoms with Crippen molar-refractivity contribution in [3.63, 3.8) is 0 Å². The molecule has 2 aromatic carbocycles. The second-order valence-corrected chi connectivity index (χ2v) is 25.7. The van der Waals surface area contributed by atoms with Gasteiger partial charge in [-0.25, -0.2) is 0 Å². The summed E-state index contributed by atoms with van der Waals surface area (Å²) in [5, 5.41) is 54.4. The number of fused-ring (bicyclic) bond motifs is 5. The summed E-state index contributed by atoms with van der Waals surface area (Å²) in [6, 6.07) is 6.49. The molecule has 7 rings (SSSR count). The monoisotopic (exact) mass is 1310 g/mol. The Labute approximate surface area is 541 Å². The summed E-state index contributed by atoms with van der Waals surface area (Å²) in [5.74, 6) is -16.0. The molecule has 29 heteroatoms. The molecule has 5 heterocycles. The lowest BCUT2D eigenvalue weighted by Crippen LogP contribution is -2.56. The van der Waals surface area contributed by atoms with Crippen LogP contribution in [0.25, 0.3) is 10.9 Å². The van der Waals surface area contributed by atoms with Crippen LogP contribution < -0.4 is 42.5 Å². The van der Waals surface area contributed by atoms with Gasteiger partial charge < -0.3 is 67.7 Å². The number of aromatic nitrogens is 1. The van der Waals surface area contributed by atoms with Gasteiger partial charge in [0.05, 0.1) is 61.0 Å². The molecule has 2 unspecified atom stereocenters. The van der Waals surface area contributed by atoms with Crippen LogP contribution in [-0.2, 0) is 80.1 Å². The van der Waals surface area contributed by atoms with E-state index in [0.717, 1.165) is 33.7 Å². The van der Waals surface area contributed by atoms with Crippen molar-refractivity contribution in [2.75, 3.05) is 43.9 Å². The topological polar surface area (TPSA) is 418 Å². The van der Waals surface area contributed by atoms with Crippen molar-refractivity contribution in [3.05, 3.63) is 71.8 Å². The van der Waals surface area contributed by atoms with Crippen molar-refractivity contribution in [3.8, 4) is 0 Å². The van der Waals surface area contributed by atoms with Gasteiger partial charge in [0.25, 0.3) is 11.8 Å². The van der Waals surface area contributed by atoms with E-state index in [4.69, 9.17) is 0 Å². The van der Waals surface area contributed by atoms with E-state index < -0.39 is 200 Å². The highest BCUT2D eigenvalue weighted by Gasteiger charge is 2.45. The third kappa shape index (κ3) is 19.0. The van der Waals surface area contributed by atoms with E-state index in [0.29, 0.717) is 39.2 Å². The number of imide groups is 1. The fraction of sp³-hybridized carbons (Fsp3) is 0.531. The molecule has 12 N–H and O–H groups in total. The van der Waals surface area contributed by atoms with E-state index in [-0.39, 0.29) is 50.4 Å². The first-order valence-electron chi connectivity index (χ1n) is 31.2. The Balaban J connectivity index is 1.14. The molecule has 4 aliphatic rings. The minimum atomic E-state index is -1.63. The zero-order valence-electron chi connectivity index (χ0n) is 52.7. The Kier molecular flexibility index (Phi) is 25.3. The number of carbonyl (C=O) groups is 14. The number of ketones is 3. The van der Waals surface area contributed by atoms with Gasteiger partial charge in [0.1, 0.15) is 12.1 Å². The molecular formula is C64H83N11O17S. The largest absolute Gasteiger partial charge is 0.394 e. The number of aliphatic hydroxyl groups is 3. The van der Waals surface area contributed by atoms with Crippen LogP contribution in [0.3, 0.4) is 0 Å². The van der Waals surface area contributed by atoms with Gasteiger partial charge in [-0.3, -0.25) is 72.0 Å². The second kappa shape index (κ2) is 32.7. The summed E-state index contributed by atoms with van der Waals surface area (Å²) in [6.07, 6.45) is -3.42. The molecule has 93 heavy (non-hydrogen) atoms. The number of para-hydroxylation sites is 1. The smallest absolute Gasteiger partial charge is 0.253 e. The van der Waals surface area contributed by atoms with Gasteiger partial charge >= 0.3 is 0 Å².